The van der Waals surface area contributed by atoms with Gasteiger partial charge in [-0.1, -0.05) is 0 Å². The molecular weight excluding hydrogens is 198 g/mol. The number of aryl methyl sites for hydroxylation is 1. The molecule has 0 aliphatic heterocycles. The number of amides is 1. The Morgan fingerprint density at radius 3 is 2.53 bits per heavy atom. The van der Waals surface area contributed by atoms with Crippen LogP contribution in [0.5, 0.6) is 0 Å². The Labute approximate surface area is 86.8 Å². The summed E-state index contributed by atoms with van der Waals surface area (Å²) in [4.78, 5) is 22.2. The van der Waals surface area contributed by atoms with Crippen molar-refractivity contribution in [2.24, 2.45) is 12.8 Å². The van der Waals surface area contributed by atoms with Gasteiger partial charge in [0.25, 0.3) is 5.91 Å². The Morgan fingerprint density at radius 1 is 1.53 bits per heavy atom. The van der Waals surface area contributed by atoms with Crippen LogP contribution >= 0.6 is 0 Å². The second kappa shape index (κ2) is 4.04. The molecule has 1 amide bonds. The fourth-order valence-corrected chi connectivity index (χ4v) is 1.07. The summed E-state index contributed by atoms with van der Waals surface area (Å²) in [6.45, 7) is 1.41. The minimum Gasteiger partial charge on any atom is -0.448 e. The Hall–Kier alpha value is -1.98. The molecule has 0 radical (unpaired) electrons. The van der Waals surface area contributed by atoms with Gasteiger partial charge in [-0.05, 0) is 13.0 Å². The van der Waals surface area contributed by atoms with Crippen molar-refractivity contribution in [1.29, 1.82) is 0 Å². The number of primary amides is 1. The molecule has 0 saturated heterocycles. The lowest BCUT2D eigenvalue weighted by Gasteiger charge is -2.09. The summed E-state index contributed by atoms with van der Waals surface area (Å²) in [6.07, 6.45) is 0.625. The van der Waals surface area contributed by atoms with Gasteiger partial charge in [-0.3, -0.25) is 4.79 Å². The number of rotatable bonds is 3. The topological polar surface area (TPSA) is 100 Å². The third kappa shape index (κ3) is 2.49. The SMILES string of the molecule is CC(OC(=O)c1cc(N)cn1C)C(N)=O. The molecule has 0 fully saturated rings. The van der Waals surface area contributed by atoms with Gasteiger partial charge < -0.3 is 20.8 Å². The highest BCUT2D eigenvalue weighted by Crippen LogP contribution is 2.10. The number of carbonyl (C=O) groups is 2. The summed E-state index contributed by atoms with van der Waals surface area (Å²) in [5, 5.41) is 0. The standard InChI is InChI=1S/C9H13N3O3/c1-5(8(11)13)15-9(14)7-3-6(10)4-12(7)2/h3-5H,10H2,1-2H3,(H2,11,13). The average molecular weight is 211 g/mol. The molecule has 6 heteroatoms. The maximum absolute atomic E-state index is 11.5. The highest BCUT2D eigenvalue weighted by Gasteiger charge is 2.18. The third-order valence-corrected chi connectivity index (χ3v) is 1.92. The van der Waals surface area contributed by atoms with Crippen LogP contribution in [0.4, 0.5) is 5.69 Å². The number of aromatic nitrogens is 1. The fraction of sp³-hybridized carbons (Fsp3) is 0.333. The van der Waals surface area contributed by atoms with Crippen molar-refractivity contribution >= 4 is 17.6 Å². The van der Waals surface area contributed by atoms with Gasteiger partial charge in [-0.2, -0.15) is 0 Å². The van der Waals surface area contributed by atoms with Crippen molar-refractivity contribution in [3.63, 3.8) is 0 Å². The van der Waals surface area contributed by atoms with E-state index in [4.69, 9.17) is 16.2 Å². The maximum atomic E-state index is 11.5. The number of nitrogens with two attached hydrogens (primary N) is 2. The quantitative estimate of drug-likeness (QED) is 0.666. The molecule has 0 spiro atoms. The molecule has 0 aliphatic rings. The second-order valence-corrected chi connectivity index (χ2v) is 3.22. The molecule has 0 bridgehead atoms. The second-order valence-electron chi connectivity index (χ2n) is 3.22. The zero-order chi connectivity index (χ0) is 11.6. The van der Waals surface area contributed by atoms with E-state index in [1.54, 1.807) is 13.2 Å². The Kier molecular flexibility index (Phi) is 2.99. The molecular formula is C9H13N3O3. The molecule has 15 heavy (non-hydrogen) atoms. The van der Waals surface area contributed by atoms with Crippen LogP contribution in [-0.4, -0.2) is 22.5 Å². The molecule has 1 atom stereocenters. The van der Waals surface area contributed by atoms with Crippen LogP contribution in [-0.2, 0) is 16.6 Å². The number of ether oxygens (including phenoxy) is 1. The van der Waals surface area contributed by atoms with Crippen molar-refractivity contribution in [3.05, 3.63) is 18.0 Å². The van der Waals surface area contributed by atoms with Gasteiger partial charge in [-0.15, -0.1) is 0 Å². The lowest BCUT2D eigenvalue weighted by molar-refractivity contribution is -0.125. The van der Waals surface area contributed by atoms with Crippen LogP contribution in [0.1, 0.15) is 17.4 Å². The largest absolute Gasteiger partial charge is 0.448 e. The Balaban J connectivity index is 2.77. The van der Waals surface area contributed by atoms with E-state index in [2.05, 4.69) is 0 Å². The number of nitrogen functional groups attached to an aromatic ring is 1. The monoisotopic (exact) mass is 211 g/mol. The van der Waals surface area contributed by atoms with Gasteiger partial charge in [0.1, 0.15) is 5.69 Å². The van der Waals surface area contributed by atoms with Crippen LogP contribution in [0.2, 0.25) is 0 Å². The first-order chi connectivity index (χ1) is 6.91. The van der Waals surface area contributed by atoms with Crippen LogP contribution in [0.3, 0.4) is 0 Å². The van der Waals surface area contributed by atoms with E-state index in [1.165, 1.54) is 17.6 Å². The summed E-state index contributed by atoms with van der Waals surface area (Å²) in [7, 11) is 1.65. The lowest BCUT2D eigenvalue weighted by atomic mass is 10.3. The number of carbonyl (C=O) groups excluding carboxylic acids is 2. The normalized spacial score (nSPS) is 12.1. The summed E-state index contributed by atoms with van der Waals surface area (Å²) in [6, 6.07) is 1.47. The van der Waals surface area contributed by atoms with E-state index < -0.39 is 18.0 Å². The number of hydrogen-bond acceptors (Lipinski definition) is 4. The van der Waals surface area contributed by atoms with Crippen LogP contribution < -0.4 is 11.5 Å². The molecule has 0 aromatic carbocycles. The Morgan fingerprint density at radius 2 is 2.13 bits per heavy atom. The Bertz CT molecular complexity index is 397. The third-order valence-electron chi connectivity index (χ3n) is 1.92. The molecule has 82 valence electrons. The molecule has 0 aliphatic carbocycles. The van der Waals surface area contributed by atoms with Crippen molar-refractivity contribution in [1.82, 2.24) is 4.57 Å². The van der Waals surface area contributed by atoms with E-state index in [9.17, 15) is 9.59 Å². The molecule has 6 nitrogen and oxygen atoms in total. The first kappa shape index (κ1) is 11.1. The van der Waals surface area contributed by atoms with Gasteiger partial charge in [-0.25, -0.2) is 4.79 Å². The van der Waals surface area contributed by atoms with E-state index >= 15 is 0 Å². The predicted molar refractivity (Wildman–Crippen MR) is 53.9 cm³/mol. The van der Waals surface area contributed by atoms with Crippen molar-refractivity contribution in [3.8, 4) is 0 Å². The number of esters is 1. The number of anilines is 1. The summed E-state index contributed by atoms with van der Waals surface area (Å²) < 4.78 is 6.32. The van der Waals surface area contributed by atoms with E-state index in [1.807, 2.05) is 0 Å². The zero-order valence-electron chi connectivity index (χ0n) is 8.56. The summed E-state index contributed by atoms with van der Waals surface area (Å²) in [5.41, 5.74) is 11.2. The van der Waals surface area contributed by atoms with Gasteiger partial charge in [0.05, 0.1) is 5.69 Å². The van der Waals surface area contributed by atoms with Crippen LogP contribution in [0.15, 0.2) is 12.3 Å². The fourth-order valence-electron chi connectivity index (χ4n) is 1.07. The van der Waals surface area contributed by atoms with Gasteiger partial charge in [0.15, 0.2) is 6.10 Å². The van der Waals surface area contributed by atoms with Crippen LogP contribution in [0.25, 0.3) is 0 Å². The average Bonchev–Trinajstić information content (AvgIpc) is 2.44. The minimum atomic E-state index is -0.950. The van der Waals surface area contributed by atoms with Crippen molar-refractivity contribution in [2.45, 2.75) is 13.0 Å². The molecule has 1 aromatic rings. The summed E-state index contributed by atoms with van der Waals surface area (Å²) in [5.74, 6) is -1.31. The highest BCUT2D eigenvalue weighted by molar-refractivity contribution is 5.91. The molecule has 4 N–H and O–H groups in total. The lowest BCUT2D eigenvalue weighted by Crippen LogP contribution is -2.30. The van der Waals surface area contributed by atoms with Crippen molar-refractivity contribution < 1.29 is 14.3 Å². The van der Waals surface area contributed by atoms with E-state index in [0.717, 1.165) is 0 Å². The van der Waals surface area contributed by atoms with E-state index in [-0.39, 0.29) is 5.69 Å². The minimum absolute atomic E-state index is 0.278. The van der Waals surface area contributed by atoms with E-state index in [0.29, 0.717) is 5.69 Å². The molecule has 1 rings (SSSR count). The molecule has 0 saturated carbocycles. The van der Waals surface area contributed by atoms with Crippen molar-refractivity contribution in [2.75, 3.05) is 5.73 Å². The predicted octanol–water partition coefficient (Wildman–Crippen LogP) is -0.362. The number of nitrogens with zero attached hydrogens (tertiary/aromatic N) is 1. The summed E-state index contributed by atoms with van der Waals surface area (Å²) >= 11 is 0. The van der Waals surface area contributed by atoms with Gasteiger partial charge in [0, 0.05) is 13.2 Å². The van der Waals surface area contributed by atoms with Crippen LogP contribution in [0, 0.1) is 0 Å². The highest BCUT2D eigenvalue weighted by atomic mass is 16.5. The van der Waals surface area contributed by atoms with Gasteiger partial charge >= 0.3 is 5.97 Å². The first-order valence-electron chi connectivity index (χ1n) is 4.34. The zero-order valence-corrected chi connectivity index (χ0v) is 8.56. The molecule has 1 heterocycles. The van der Waals surface area contributed by atoms with Gasteiger partial charge in [0.2, 0.25) is 0 Å². The maximum Gasteiger partial charge on any atom is 0.355 e. The number of hydrogen-bond donors (Lipinski definition) is 2. The molecule has 1 unspecified atom stereocenters. The smallest absolute Gasteiger partial charge is 0.355 e. The molecule has 1 aromatic heterocycles. The first-order valence-corrected chi connectivity index (χ1v) is 4.34.